The standard InChI is InChI=1S/C10H7N3O2/c11-6-15-9-5-13(10(12)14)8-4-2-1-3-7(8)9/h1-5H,(H2,12,14). The number of hydrogen-bond donors (Lipinski definition) is 1. The SMILES string of the molecule is N#COc1cn(C(N)=O)c2ccccc12. The summed E-state index contributed by atoms with van der Waals surface area (Å²) in [5.74, 6) is 0.326. The van der Waals surface area contributed by atoms with Crippen LogP contribution in [0.1, 0.15) is 0 Å². The van der Waals surface area contributed by atoms with Crippen molar-refractivity contribution in [1.82, 2.24) is 4.57 Å². The number of benzene rings is 1. The fourth-order valence-corrected chi connectivity index (χ4v) is 1.46. The van der Waals surface area contributed by atoms with Gasteiger partial charge in [0.1, 0.15) is 0 Å². The summed E-state index contributed by atoms with van der Waals surface area (Å²) in [5.41, 5.74) is 5.80. The maximum absolute atomic E-state index is 11.1. The minimum absolute atomic E-state index is 0.326. The molecule has 0 spiro atoms. The molecule has 0 aliphatic heterocycles. The number of amides is 1. The molecule has 0 atom stereocenters. The fourth-order valence-electron chi connectivity index (χ4n) is 1.46. The first-order chi connectivity index (χ1) is 7.24. The highest BCUT2D eigenvalue weighted by atomic mass is 16.5. The lowest BCUT2D eigenvalue weighted by atomic mass is 10.2. The van der Waals surface area contributed by atoms with Crippen LogP contribution in [0.5, 0.6) is 5.75 Å². The molecule has 0 unspecified atom stereocenters. The Morgan fingerprint density at radius 3 is 2.87 bits per heavy atom. The molecule has 74 valence electrons. The summed E-state index contributed by atoms with van der Waals surface area (Å²) >= 11 is 0. The third-order valence-corrected chi connectivity index (χ3v) is 2.07. The molecule has 0 radical (unpaired) electrons. The number of carbonyl (C=O) groups is 1. The maximum atomic E-state index is 11.1. The van der Waals surface area contributed by atoms with Gasteiger partial charge in [0.25, 0.3) is 6.26 Å². The molecule has 0 fully saturated rings. The Balaban J connectivity index is 2.74. The molecular weight excluding hydrogens is 194 g/mol. The number of ether oxygens (including phenoxy) is 1. The number of rotatable bonds is 1. The molecule has 1 aromatic carbocycles. The molecule has 15 heavy (non-hydrogen) atoms. The number of carbonyl (C=O) groups excluding carboxylic acids is 1. The summed E-state index contributed by atoms with van der Waals surface area (Å²) in [7, 11) is 0. The van der Waals surface area contributed by atoms with Crippen LogP contribution in [0.15, 0.2) is 30.5 Å². The van der Waals surface area contributed by atoms with Crippen molar-refractivity contribution in [2.75, 3.05) is 0 Å². The minimum Gasteiger partial charge on any atom is -0.386 e. The van der Waals surface area contributed by atoms with E-state index in [1.165, 1.54) is 10.8 Å². The summed E-state index contributed by atoms with van der Waals surface area (Å²) in [4.78, 5) is 11.1. The van der Waals surface area contributed by atoms with Gasteiger partial charge in [0.05, 0.1) is 11.7 Å². The summed E-state index contributed by atoms with van der Waals surface area (Å²) < 4.78 is 5.96. The van der Waals surface area contributed by atoms with E-state index in [9.17, 15) is 4.79 Å². The first-order valence-electron chi connectivity index (χ1n) is 4.20. The van der Waals surface area contributed by atoms with Crippen molar-refractivity contribution >= 4 is 16.9 Å². The average Bonchev–Trinajstić information content (AvgIpc) is 2.59. The Morgan fingerprint density at radius 1 is 1.47 bits per heavy atom. The van der Waals surface area contributed by atoms with Gasteiger partial charge in [-0.15, -0.1) is 5.26 Å². The topological polar surface area (TPSA) is 81.0 Å². The molecule has 2 rings (SSSR count). The summed E-state index contributed by atoms with van der Waals surface area (Å²) in [6.45, 7) is 0. The van der Waals surface area contributed by atoms with E-state index in [2.05, 4.69) is 0 Å². The van der Waals surface area contributed by atoms with Crippen molar-refractivity contribution in [2.24, 2.45) is 5.73 Å². The molecule has 1 aromatic heterocycles. The predicted molar refractivity (Wildman–Crippen MR) is 53.2 cm³/mol. The van der Waals surface area contributed by atoms with Crippen LogP contribution in [-0.4, -0.2) is 10.6 Å². The van der Waals surface area contributed by atoms with Crippen molar-refractivity contribution in [1.29, 1.82) is 5.26 Å². The zero-order valence-electron chi connectivity index (χ0n) is 7.68. The number of nitrogens with zero attached hydrogens (tertiary/aromatic N) is 2. The number of nitriles is 1. The summed E-state index contributed by atoms with van der Waals surface area (Å²) in [6, 6.07) is 6.43. The molecule has 0 bridgehead atoms. The predicted octanol–water partition coefficient (Wildman–Crippen LogP) is 1.43. The van der Waals surface area contributed by atoms with Gasteiger partial charge in [0.2, 0.25) is 0 Å². The minimum atomic E-state index is -0.612. The third kappa shape index (κ3) is 1.38. The lowest BCUT2D eigenvalue weighted by molar-refractivity contribution is 0.251. The average molecular weight is 201 g/mol. The third-order valence-electron chi connectivity index (χ3n) is 2.07. The van der Waals surface area contributed by atoms with Crippen molar-refractivity contribution in [3.8, 4) is 12.0 Å². The normalized spacial score (nSPS) is 9.80. The van der Waals surface area contributed by atoms with Crippen molar-refractivity contribution in [3.05, 3.63) is 30.5 Å². The van der Waals surface area contributed by atoms with Crippen molar-refractivity contribution in [2.45, 2.75) is 0 Å². The summed E-state index contributed by atoms with van der Waals surface area (Å²) in [6.07, 6.45) is 2.96. The molecule has 0 aliphatic rings. The lowest BCUT2D eigenvalue weighted by Gasteiger charge is -1.96. The molecule has 2 aromatic rings. The van der Waals surface area contributed by atoms with E-state index in [1.807, 2.05) is 0 Å². The maximum Gasteiger partial charge on any atom is 0.323 e. The highest BCUT2D eigenvalue weighted by Crippen LogP contribution is 2.27. The zero-order chi connectivity index (χ0) is 10.8. The highest BCUT2D eigenvalue weighted by Gasteiger charge is 2.11. The Labute approximate surface area is 85.3 Å². The highest BCUT2D eigenvalue weighted by molar-refractivity contribution is 5.95. The Bertz CT molecular complexity index is 566. The second-order valence-electron chi connectivity index (χ2n) is 2.91. The van der Waals surface area contributed by atoms with Gasteiger partial charge in [-0.3, -0.25) is 4.57 Å². The van der Waals surface area contributed by atoms with Crippen LogP contribution >= 0.6 is 0 Å². The van der Waals surface area contributed by atoms with Gasteiger partial charge in [0, 0.05) is 5.39 Å². The van der Waals surface area contributed by atoms with Crippen LogP contribution in [0.25, 0.3) is 10.9 Å². The van der Waals surface area contributed by atoms with E-state index in [-0.39, 0.29) is 0 Å². The van der Waals surface area contributed by atoms with Crippen LogP contribution < -0.4 is 10.5 Å². The number of para-hydroxylation sites is 1. The lowest BCUT2D eigenvalue weighted by Crippen LogP contribution is -2.18. The molecular formula is C10H7N3O2. The molecule has 5 heteroatoms. The number of primary amides is 1. The number of fused-ring (bicyclic) bond motifs is 1. The number of hydrogen-bond acceptors (Lipinski definition) is 3. The number of nitrogens with two attached hydrogens (primary N) is 1. The van der Waals surface area contributed by atoms with Gasteiger partial charge in [-0.25, -0.2) is 4.79 Å². The molecule has 1 amide bonds. The second-order valence-corrected chi connectivity index (χ2v) is 2.91. The van der Waals surface area contributed by atoms with Crippen molar-refractivity contribution < 1.29 is 9.53 Å². The van der Waals surface area contributed by atoms with E-state index < -0.39 is 6.03 Å². The van der Waals surface area contributed by atoms with E-state index >= 15 is 0 Å². The van der Waals surface area contributed by atoms with Gasteiger partial charge < -0.3 is 10.5 Å². The largest absolute Gasteiger partial charge is 0.386 e. The first-order valence-corrected chi connectivity index (χ1v) is 4.20. The van der Waals surface area contributed by atoms with Gasteiger partial charge >= 0.3 is 6.03 Å². The molecule has 0 aliphatic carbocycles. The van der Waals surface area contributed by atoms with E-state index in [1.54, 1.807) is 30.5 Å². The van der Waals surface area contributed by atoms with Crippen molar-refractivity contribution in [3.63, 3.8) is 0 Å². The summed E-state index contributed by atoms with van der Waals surface area (Å²) in [5, 5.41) is 9.11. The van der Waals surface area contributed by atoms with E-state index in [4.69, 9.17) is 15.7 Å². The van der Waals surface area contributed by atoms with E-state index in [0.29, 0.717) is 16.7 Å². The van der Waals surface area contributed by atoms with Gasteiger partial charge in [-0.1, -0.05) is 12.1 Å². The van der Waals surface area contributed by atoms with Crippen LogP contribution in [0.2, 0.25) is 0 Å². The monoisotopic (exact) mass is 201 g/mol. The van der Waals surface area contributed by atoms with Crippen LogP contribution in [0.4, 0.5) is 4.79 Å². The molecule has 2 N–H and O–H groups in total. The molecule has 5 nitrogen and oxygen atoms in total. The molecule has 0 saturated heterocycles. The Hall–Kier alpha value is -2.48. The zero-order valence-corrected chi connectivity index (χ0v) is 7.68. The molecule has 0 saturated carbocycles. The molecule has 1 heterocycles. The first kappa shape index (κ1) is 9.09. The second kappa shape index (κ2) is 3.35. The smallest absolute Gasteiger partial charge is 0.323 e. The van der Waals surface area contributed by atoms with Gasteiger partial charge in [-0.05, 0) is 12.1 Å². The van der Waals surface area contributed by atoms with E-state index in [0.717, 1.165) is 0 Å². The number of aromatic nitrogens is 1. The van der Waals surface area contributed by atoms with Crippen LogP contribution in [0, 0.1) is 11.5 Å². The van der Waals surface area contributed by atoms with Gasteiger partial charge in [0.15, 0.2) is 5.75 Å². The fraction of sp³-hybridized carbons (Fsp3) is 0. The quantitative estimate of drug-likeness (QED) is 0.708. The Morgan fingerprint density at radius 2 is 2.20 bits per heavy atom. The van der Waals surface area contributed by atoms with Crippen LogP contribution in [0.3, 0.4) is 0 Å². The van der Waals surface area contributed by atoms with Gasteiger partial charge in [-0.2, -0.15) is 0 Å². The Kier molecular flexibility index (Phi) is 2.03. The van der Waals surface area contributed by atoms with Crippen LogP contribution in [-0.2, 0) is 0 Å².